The normalized spacial score (nSPS) is 28.0. The lowest BCUT2D eigenvalue weighted by Gasteiger charge is -2.29. The largest absolute Gasteiger partial charge is 0.478 e. The summed E-state index contributed by atoms with van der Waals surface area (Å²) in [4.78, 5) is 11.0. The first-order valence-corrected chi connectivity index (χ1v) is 5.50. The second-order valence-corrected chi connectivity index (χ2v) is 4.21. The summed E-state index contributed by atoms with van der Waals surface area (Å²) in [5.41, 5.74) is 0.472. The summed E-state index contributed by atoms with van der Waals surface area (Å²) < 4.78 is 5.24. The van der Waals surface area contributed by atoms with Gasteiger partial charge in [-0.1, -0.05) is 19.1 Å². The molecular formula is C12H15NO4. The lowest BCUT2D eigenvalue weighted by molar-refractivity contribution is -0.168. The Morgan fingerprint density at radius 1 is 1.53 bits per heavy atom. The van der Waals surface area contributed by atoms with Gasteiger partial charge < -0.3 is 20.3 Å². The molecule has 2 rings (SSSR count). The Morgan fingerprint density at radius 3 is 2.82 bits per heavy atom. The maximum absolute atomic E-state index is 11.0. The molecule has 1 aliphatic heterocycles. The zero-order valence-electron chi connectivity index (χ0n) is 9.51. The molecule has 1 saturated heterocycles. The summed E-state index contributed by atoms with van der Waals surface area (Å²) in [6.07, 6.45) is 0.735. The van der Waals surface area contributed by atoms with Crippen molar-refractivity contribution in [1.82, 2.24) is 0 Å². The van der Waals surface area contributed by atoms with E-state index in [0.29, 0.717) is 12.3 Å². The Kier molecular flexibility index (Phi) is 3.04. The lowest BCUT2D eigenvalue weighted by Crippen LogP contribution is -2.42. The third-order valence-corrected chi connectivity index (χ3v) is 3.01. The molecular weight excluding hydrogens is 222 g/mol. The molecule has 3 N–H and O–H groups in total. The molecule has 2 unspecified atom stereocenters. The quantitative estimate of drug-likeness (QED) is 0.694. The van der Waals surface area contributed by atoms with Gasteiger partial charge in [-0.25, -0.2) is 4.79 Å². The number of carboxylic acids is 1. The maximum atomic E-state index is 11.0. The Labute approximate surface area is 99.0 Å². The predicted octanol–water partition coefficient (Wildman–Crippen LogP) is 1.50. The fourth-order valence-corrected chi connectivity index (χ4v) is 1.86. The standard InChI is InChI=1S/C12H15NO4/c1-8-6-7-17-12(8,16)13-10-5-3-2-4-9(10)11(14)15/h2-5,8,13,16H,6-7H2,1H3,(H,14,15). The van der Waals surface area contributed by atoms with Crippen molar-refractivity contribution in [2.24, 2.45) is 5.92 Å². The minimum atomic E-state index is -1.48. The summed E-state index contributed by atoms with van der Waals surface area (Å²) in [6, 6.07) is 6.43. The Hall–Kier alpha value is -1.59. The first-order valence-electron chi connectivity index (χ1n) is 5.50. The summed E-state index contributed by atoms with van der Waals surface area (Å²) in [5, 5.41) is 22.0. The molecule has 1 aromatic carbocycles. The van der Waals surface area contributed by atoms with E-state index in [1.165, 1.54) is 6.07 Å². The topological polar surface area (TPSA) is 78.8 Å². The van der Waals surface area contributed by atoms with E-state index in [-0.39, 0.29) is 11.5 Å². The highest BCUT2D eigenvalue weighted by molar-refractivity contribution is 5.94. The van der Waals surface area contributed by atoms with Crippen LogP contribution in [0.5, 0.6) is 0 Å². The van der Waals surface area contributed by atoms with E-state index in [1.807, 2.05) is 6.92 Å². The van der Waals surface area contributed by atoms with Crippen molar-refractivity contribution in [3.8, 4) is 0 Å². The van der Waals surface area contributed by atoms with E-state index in [9.17, 15) is 9.90 Å². The summed E-state index contributed by atoms with van der Waals surface area (Å²) in [6.45, 7) is 2.31. The van der Waals surface area contributed by atoms with Gasteiger partial charge in [0.05, 0.1) is 17.9 Å². The molecule has 0 aliphatic carbocycles. The van der Waals surface area contributed by atoms with Gasteiger partial charge in [0.2, 0.25) is 5.91 Å². The molecule has 17 heavy (non-hydrogen) atoms. The zero-order valence-corrected chi connectivity index (χ0v) is 9.51. The molecule has 0 aromatic heterocycles. The second kappa shape index (κ2) is 4.35. The number of hydrogen-bond acceptors (Lipinski definition) is 4. The number of rotatable bonds is 3. The number of anilines is 1. The molecule has 0 radical (unpaired) electrons. The van der Waals surface area contributed by atoms with E-state index >= 15 is 0 Å². The van der Waals surface area contributed by atoms with E-state index < -0.39 is 11.9 Å². The lowest BCUT2D eigenvalue weighted by atomic mass is 10.1. The van der Waals surface area contributed by atoms with Crippen molar-refractivity contribution in [1.29, 1.82) is 0 Å². The van der Waals surface area contributed by atoms with Crippen LogP contribution in [0, 0.1) is 5.92 Å². The van der Waals surface area contributed by atoms with Crippen LogP contribution < -0.4 is 5.32 Å². The van der Waals surface area contributed by atoms with Crippen molar-refractivity contribution in [3.63, 3.8) is 0 Å². The Bertz CT molecular complexity index is 434. The van der Waals surface area contributed by atoms with Crippen molar-refractivity contribution in [3.05, 3.63) is 29.8 Å². The zero-order chi connectivity index (χ0) is 12.5. The van der Waals surface area contributed by atoms with Gasteiger partial charge in [-0.15, -0.1) is 0 Å². The monoisotopic (exact) mass is 237 g/mol. The van der Waals surface area contributed by atoms with Crippen molar-refractivity contribution >= 4 is 11.7 Å². The average molecular weight is 237 g/mol. The van der Waals surface area contributed by atoms with Gasteiger partial charge >= 0.3 is 5.97 Å². The van der Waals surface area contributed by atoms with E-state index in [2.05, 4.69) is 5.32 Å². The van der Waals surface area contributed by atoms with Gasteiger partial charge in [0.15, 0.2) is 0 Å². The first kappa shape index (κ1) is 11.9. The number of hydrogen-bond donors (Lipinski definition) is 3. The molecule has 1 aliphatic rings. The van der Waals surface area contributed by atoms with Crippen molar-refractivity contribution in [2.75, 3.05) is 11.9 Å². The van der Waals surface area contributed by atoms with Crippen LogP contribution in [0.25, 0.3) is 0 Å². The molecule has 1 fully saturated rings. The highest BCUT2D eigenvalue weighted by Gasteiger charge is 2.40. The molecule has 5 heteroatoms. The highest BCUT2D eigenvalue weighted by atomic mass is 16.6. The van der Waals surface area contributed by atoms with Crippen LogP contribution in [0.1, 0.15) is 23.7 Å². The number of aliphatic hydroxyl groups is 1. The second-order valence-electron chi connectivity index (χ2n) is 4.21. The van der Waals surface area contributed by atoms with Crippen LogP contribution in [0.15, 0.2) is 24.3 Å². The van der Waals surface area contributed by atoms with Gasteiger partial charge in [-0.05, 0) is 18.6 Å². The van der Waals surface area contributed by atoms with Crippen LogP contribution in [-0.2, 0) is 4.74 Å². The molecule has 5 nitrogen and oxygen atoms in total. The van der Waals surface area contributed by atoms with Crippen LogP contribution in [-0.4, -0.2) is 28.7 Å². The van der Waals surface area contributed by atoms with Gasteiger partial charge in [0.1, 0.15) is 0 Å². The number of carbonyl (C=O) groups is 1. The number of ether oxygens (including phenoxy) is 1. The number of para-hydroxylation sites is 1. The highest BCUT2D eigenvalue weighted by Crippen LogP contribution is 2.31. The summed E-state index contributed by atoms with van der Waals surface area (Å²) >= 11 is 0. The number of benzene rings is 1. The van der Waals surface area contributed by atoms with Gasteiger partial charge in [0.25, 0.3) is 0 Å². The molecule has 1 aromatic rings. The van der Waals surface area contributed by atoms with Crippen LogP contribution in [0.4, 0.5) is 5.69 Å². The SMILES string of the molecule is CC1CCOC1(O)Nc1ccccc1C(=O)O. The third-order valence-electron chi connectivity index (χ3n) is 3.01. The molecule has 2 atom stereocenters. The Balaban J connectivity index is 2.27. The van der Waals surface area contributed by atoms with E-state index in [0.717, 1.165) is 6.42 Å². The fraction of sp³-hybridized carbons (Fsp3) is 0.417. The molecule has 1 heterocycles. The van der Waals surface area contributed by atoms with E-state index in [4.69, 9.17) is 9.84 Å². The van der Waals surface area contributed by atoms with Crippen molar-refractivity contribution < 1.29 is 19.7 Å². The van der Waals surface area contributed by atoms with Crippen LogP contribution >= 0.6 is 0 Å². The predicted molar refractivity (Wildman–Crippen MR) is 61.7 cm³/mol. The molecule has 0 saturated carbocycles. The molecule has 92 valence electrons. The van der Waals surface area contributed by atoms with Crippen LogP contribution in [0.3, 0.4) is 0 Å². The molecule has 0 amide bonds. The van der Waals surface area contributed by atoms with E-state index in [1.54, 1.807) is 18.2 Å². The minimum Gasteiger partial charge on any atom is -0.478 e. The number of carboxylic acid groups (broad SMARTS) is 1. The number of aromatic carboxylic acids is 1. The summed E-state index contributed by atoms with van der Waals surface area (Å²) in [5.74, 6) is -2.61. The fourth-order valence-electron chi connectivity index (χ4n) is 1.86. The van der Waals surface area contributed by atoms with Gasteiger partial charge in [-0.3, -0.25) is 0 Å². The first-order chi connectivity index (χ1) is 8.03. The molecule has 0 spiro atoms. The smallest absolute Gasteiger partial charge is 0.337 e. The van der Waals surface area contributed by atoms with Gasteiger partial charge in [0, 0.05) is 5.92 Å². The van der Waals surface area contributed by atoms with Crippen LogP contribution in [0.2, 0.25) is 0 Å². The Morgan fingerprint density at radius 2 is 2.24 bits per heavy atom. The maximum Gasteiger partial charge on any atom is 0.337 e. The van der Waals surface area contributed by atoms with Crippen molar-refractivity contribution in [2.45, 2.75) is 19.3 Å². The minimum absolute atomic E-state index is 0.0932. The number of nitrogens with one attached hydrogen (secondary N) is 1. The third kappa shape index (κ3) is 2.25. The molecule has 0 bridgehead atoms. The average Bonchev–Trinajstić information content (AvgIpc) is 2.59. The summed E-state index contributed by atoms with van der Waals surface area (Å²) in [7, 11) is 0. The van der Waals surface area contributed by atoms with Gasteiger partial charge in [-0.2, -0.15) is 0 Å².